The zero-order valence-corrected chi connectivity index (χ0v) is 13.9. The van der Waals surface area contributed by atoms with Gasteiger partial charge in [0.05, 0.1) is 0 Å². The van der Waals surface area contributed by atoms with E-state index in [1.807, 2.05) is 12.1 Å². The Bertz CT molecular complexity index is 535. The van der Waals surface area contributed by atoms with Gasteiger partial charge < -0.3 is 0 Å². The molecular formula is C15H13Br2Cl. The summed E-state index contributed by atoms with van der Waals surface area (Å²) in [7, 11) is 0. The number of hydrogen-bond acceptors (Lipinski definition) is 0. The van der Waals surface area contributed by atoms with Crippen LogP contribution in [0.3, 0.4) is 0 Å². The van der Waals surface area contributed by atoms with Gasteiger partial charge in [0, 0.05) is 14.3 Å². The van der Waals surface area contributed by atoms with Gasteiger partial charge in [0.2, 0.25) is 0 Å². The van der Waals surface area contributed by atoms with Gasteiger partial charge in [-0.1, -0.05) is 67.7 Å². The van der Waals surface area contributed by atoms with Gasteiger partial charge >= 0.3 is 0 Å². The quantitative estimate of drug-likeness (QED) is 0.558. The molecule has 0 aliphatic heterocycles. The highest BCUT2D eigenvalue weighted by atomic mass is 79.9. The molecule has 0 fully saturated rings. The third-order valence-electron chi connectivity index (χ3n) is 2.98. The summed E-state index contributed by atoms with van der Waals surface area (Å²) < 4.78 is 1.15. The molecule has 0 nitrogen and oxygen atoms in total. The highest BCUT2D eigenvalue weighted by Gasteiger charge is 2.12. The molecule has 94 valence electrons. The van der Waals surface area contributed by atoms with E-state index in [4.69, 9.17) is 11.6 Å². The Morgan fingerprint density at radius 2 is 1.78 bits per heavy atom. The first-order chi connectivity index (χ1) is 8.58. The lowest BCUT2D eigenvalue weighted by molar-refractivity contribution is 0.936. The zero-order chi connectivity index (χ0) is 13.1. The molecule has 1 atom stereocenters. The van der Waals surface area contributed by atoms with Crippen molar-refractivity contribution in [3.8, 4) is 0 Å². The molecule has 2 rings (SSSR count). The summed E-state index contributed by atoms with van der Waals surface area (Å²) in [5.74, 6) is 0. The molecule has 0 aliphatic carbocycles. The number of hydrogen-bond donors (Lipinski definition) is 0. The first-order valence-corrected chi connectivity index (χ1v) is 7.80. The standard InChI is InChI=1S/C15H13Br2Cl/c1-10-13(3-2-4-14(10)16)15(17)9-11-5-7-12(18)8-6-11/h2-8,15H,9H2,1H3. The summed E-state index contributed by atoms with van der Waals surface area (Å²) in [6, 6.07) is 14.3. The molecule has 0 spiro atoms. The van der Waals surface area contributed by atoms with Gasteiger partial charge in [-0.05, 0) is 48.2 Å². The van der Waals surface area contributed by atoms with Crippen LogP contribution in [0.15, 0.2) is 46.9 Å². The van der Waals surface area contributed by atoms with Gasteiger partial charge in [0.25, 0.3) is 0 Å². The average molecular weight is 389 g/mol. The molecule has 0 aliphatic rings. The van der Waals surface area contributed by atoms with E-state index in [9.17, 15) is 0 Å². The molecule has 2 aromatic carbocycles. The lowest BCUT2D eigenvalue weighted by atomic mass is 10.0. The fourth-order valence-corrected chi connectivity index (χ4v) is 3.28. The van der Waals surface area contributed by atoms with Crippen molar-refractivity contribution in [2.45, 2.75) is 18.2 Å². The summed E-state index contributed by atoms with van der Waals surface area (Å²) in [5.41, 5.74) is 3.88. The Morgan fingerprint density at radius 1 is 1.11 bits per heavy atom. The Hall–Kier alpha value is -0.310. The molecule has 0 saturated carbocycles. The van der Waals surface area contributed by atoms with Crippen LogP contribution >= 0.6 is 43.5 Å². The normalized spacial score (nSPS) is 12.4. The van der Waals surface area contributed by atoms with Crippen LogP contribution in [0, 0.1) is 6.92 Å². The molecule has 0 heterocycles. The first kappa shape index (κ1) is 14.1. The molecule has 0 saturated heterocycles. The van der Waals surface area contributed by atoms with Gasteiger partial charge in [0.1, 0.15) is 0 Å². The SMILES string of the molecule is Cc1c(Br)cccc1C(Br)Cc1ccc(Cl)cc1. The molecule has 0 aromatic heterocycles. The van der Waals surface area contributed by atoms with Crippen molar-refractivity contribution in [3.05, 3.63) is 68.7 Å². The van der Waals surface area contributed by atoms with Crippen LogP contribution in [0.4, 0.5) is 0 Å². The van der Waals surface area contributed by atoms with Crippen molar-refractivity contribution in [2.75, 3.05) is 0 Å². The second-order valence-corrected chi connectivity index (χ2v) is 6.65. The van der Waals surface area contributed by atoms with Crippen molar-refractivity contribution < 1.29 is 0 Å². The molecule has 0 N–H and O–H groups in total. The van der Waals surface area contributed by atoms with E-state index in [1.54, 1.807) is 0 Å². The molecule has 18 heavy (non-hydrogen) atoms. The molecule has 0 amide bonds. The van der Waals surface area contributed by atoms with Crippen LogP contribution < -0.4 is 0 Å². The Kier molecular flexibility index (Phi) is 4.88. The second-order valence-electron chi connectivity index (χ2n) is 4.25. The topological polar surface area (TPSA) is 0 Å². The fraction of sp³-hybridized carbons (Fsp3) is 0.200. The first-order valence-electron chi connectivity index (χ1n) is 5.71. The van der Waals surface area contributed by atoms with Gasteiger partial charge in [-0.3, -0.25) is 0 Å². The van der Waals surface area contributed by atoms with E-state index in [1.165, 1.54) is 16.7 Å². The van der Waals surface area contributed by atoms with Gasteiger partial charge in [-0.2, -0.15) is 0 Å². The highest BCUT2D eigenvalue weighted by Crippen LogP contribution is 2.32. The summed E-state index contributed by atoms with van der Waals surface area (Å²) in [6.07, 6.45) is 0.953. The lowest BCUT2D eigenvalue weighted by Crippen LogP contribution is -1.98. The molecule has 0 bridgehead atoms. The summed E-state index contributed by atoms with van der Waals surface area (Å²) in [4.78, 5) is 0.316. The van der Waals surface area contributed by atoms with Crippen molar-refractivity contribution in [3.63, 3.8) is 0 Å². The maximum atomic E-state index is 5.89. The van der Waals surface area contributed by atoms with Crippen LogP contribution in [-0.4, -0.2) is 0 Å². The van der Waals surface area contributed by atoms with Gasteiger partial charge in [-0.25, -0.2) is 0 Å². The van der Waals surface area contributed by atoms with E-state index >= 15 is 0 Å². The van der Waals surface area contributed by atoms with E-state index in [0.717, 1.165) is 15.9 Å². The van der Waals surface area contributed by atoms with Crippen molar-refractivity contribution in [1.29, 1.82) is 0 Å². The third-order valence-corrected chi connectivity index (χ3v) is 4.90. The lowest BCUT2D eigenvalue weighted by Gasteiger charge is -2.14. The van der Waals surface area contributed by atoms with Crippen LogP contribution in [0.1, 0.15) is 21.5 Å². The zero-order valence-electron chi connectivity index (χ0n) is 9.96. The van der Waals surface area contributed by atoms with Crippen LogP contribution in [-0.2, 0) is 6.42 Å². The second kappa shape index (κ2) is 6.23. The highest BCUT2D eigenvalue weighted by molar-refractivity contribution is 9.10. The average Bonchev–Trinajstić information content (AvgIpc) is 2.35. The van der Waals surface area contributed by atoms with Crippen LogP contribution in [0.2, 0.25) is 5.02 Å². The predicted molar refractivity (Wildman–Crippen MR) is 85.7 cm³/mol. The Labute approximate surface area is 130 Å². The molecule has 2 aromatic rings. The fourth-order valence-electron chi connectivity index (χ4n) is 1.90. The van der Waals surface area contributed by atoms with Crippen molar-refractivity contribution in [1.82, 2.24) is 0 Å². The number of rotatable bonds is 3. The molecular weight excluding hydrogens is 375 g/mol. The minimum Gasteiger partial charge on any atom is -0.0843 e. The number of halogens is 3. The van der Waals surface area contributed by atoms with E-state index in [0.29, 0.717) is 4.83 Å². The van der Waals surface area contributed by atoms with E-state index in [2.05, 4.69) is 69.1 Å². The van der Waals surface area contributed by atoms with Crippen LogP contribution in [0.5, 0.6) is 0 Å². The molecule has 3 heteroatoms. The van der Waals surface area contributed by atoms with Crippen LogP contribution in [0.25, 0.3) is 0 Å². The summed E-state index contributed by atoms with van der Waals surface area (Å²) in [6.45, 7) is 2.13. The van der Waals surface area contributed by atoms with Gasteiger partial charge in [0.15, 0.2) is 0 Å². The summed E-state index contributed by atoms with van der Waals surface area (Å²) >= 11 is 13.2. The Balaban J connectivity index is 2.19. The van der Waals surface area contributed by atoms with E-state index in [-0.39, 0.29) is 0 Å². The maximum Gasteiger partial charge on any atom is 0.0438 e. The third kappa shape index (κ3) is 3.37. The van der Waals surface area contributed by atoms with E-state index < -0.39 is 0 Å². The molecule has 1 unspecified atom stereocenters. The van der Waals surface area contributed by atoms with Crippen molar-refractivity contribution in [2.24, 2.45) is 0 Å². The smallest absolute Gasteiger partial charge is 0.0438 e. The number of benzene rings is 2. The largest absolute Gasteiger partial charge is 0.0843 e. The Morgan fingerprint density at radius 3 is 2.44 bits per heavy atom. The van der Waals surface area contributed by atoms with Gasteiger partial charge in [-0.15, -0.1) is 0 Å². The minimum atomic E-state index is 0.316. The van der Waals surface area contributed by atoms with Crippen molar-refractivity contribution >= 4 is 43.5 Å². The molecule has 0 radical (unpaired) electrons. The minimum absolute atomic E-state index is 0.316. The summed E-state index contributed by atoms with van der Waals surface area (Å²) in [5, 5.41) is 0.781. The number of alkyl halides is 1. The predicted octanol–water partition coefficient (Wildman–Crippen LogP) is 6.09. The maximum absolute atomic E-state index is 5.89. The monoisotopic (exact) mass is 386 g/mol.